The zero-order valence-electron chi connectivity index (χ0n) is 20.4. The van der Waals surface area contributed by atoms with Crippen LogP contribution in [0, 0.1) is 28.5 Å². The van der Waals surface area contributed by atoms with Crippen LogP contribution in [0.1, 0.15) is 57.8 Å². The maximum atomic E-state index is 13.8. The Hall–Kier alpha value is -4.80. The number of carbonyl (C=O) groups excluding carboxylic acids is 3. The zero-order valence-corrected chi connectivity index (χ0v) is 21.2. The molecule has 2 aliphatic rings. The van der Waals surface area contributed by atoms with Crippen LogP contribution < -0.4 is 10.6 Å². The Kier molecular flexibility index (Phi) is 6.97. The molecule has 1 atom stereocenters. The lowest BCUT2D eigenvalue weighted by atomic mass is 10.0. The monoisotopic (exact) mass is 537 g/mol. The fraction of sp³-hybridized carbons (Fsp3) is 0.172. The summed E-state index contributed by atoms with van der Waals surface area (Å²) >= 11 is 0.990. The van der Waals surface area contributed by atoms with Crippen LogP contribution in [0.3, 0.4) is 0 Å². The first-order valence-corrected chi connectivity index (χ1v) is 12.9. The van der Waals surface area contributed by atoms with Gasteiger partial charge in [-0.15, -0.1) is 0 Å². The molecule has 2 fully saturated rings. The minimum absolute atomic E-state index is 0.00108. The van der Waals surface area contributed by atoms with Crippen molar-refractivity contribution in [1.29, 1.82) is 10.5 Å². The first-order chi connectivity index (χ1) is 18.8. The minimum Gasteiger partial charge on any atom is -0.383 e. The summed E-state index contributed by atoms with van der Waals surface area (Å²) in [7, 11) is 0. The normalized spacial score (nSPS) is 16.9. The summed E-state index contributed by atoms with van der Waals surface area (Å²) < 4.78 is 13.8. The fourth-order valence-corrected chi connectivity index (χ4v) is 5.57. The van der Waals surface area contributed by atoms with Gasteiger partial charge >= 0.3 is 0 Å². The van der Waals surface area contributed by atoms with Crippen LogP contribution >= 0.6 is 11.8 Å². The zero-order chi connectivity index (χ0) is 27.7. The van der Waals surface area contributed by atoms with Gasteiger partial charge in [0.1, 0.15) is 28.8 Å². The van der Waals surface area contributed by atoms with Gasteiger partial charge in [0.05, 0.1) is 22.1 Å². The third-order valence-electron chi connectivity index (χ3n) is 6.53. The van der Waals surface area contributed by atoms with Crippen LogP contribution in [0.5, 0.6) is 0 Å². The standard InChI is InChI=1S/C29H20FN5O3S/c30-22-4-2-1-3-16(22)9-12-23(36)17-7-10-19(11-8-17)35-25(37)13-24(29(35)38)39-28-21(15-32)26(18-5-6-18)20(14-31)27(33)34-28/h1-4,7-12,18,24H,5-6,13H2,(H2,33,34)/b12-9-. The van der Waals surface area contributed by atoms with Gasteiger partial charge in [0.15, 0.2) is 5.78 Å². The van der Waals surface area contributed by atoms with Crippen LogP contribution in [-0.4, -0.2) is 27.8 Å². The Bertz CT molecular complexity index is 1630. The topological polar surface area (TPSA) is 141 Å². The van der Waals surface area contributed by atoms with Gasteiger partial charge in [-0.05, 0) is 66.8 Å². The number of allylic oxidation sites excluding steroid dienone is 1. The summed E-state index contributed by atoms with van der Waals surface area (Å²) in [5.41, 5.74) is 7.86. The van der Waals surface area contributed by atoms with Crippen molar-refractivity contribution >= 4 is 46.9 Å². The van der Waals surface area contributed by atoms with Gasteiger partial charge in [0, 0.05) is 17.5 Å². The molecular formula is C29H20FN5O3S. The van der Waals surface area contributed by atoms with Crippen LogP contribution in [-0.2, 0) is 9.59 Å². The lowest BCUT2D eigenvalue weighted by molar-refractivity contribution is -0.121. The van der Waals surface area contributed by atoms with E-state index in [2.05, 4.69) is 11.1 Å². The van der Waals surface area contributed by atoms with Crippen molar-refractivity contribution in [3.8, 4) is 12.1 Å². The second-order valence-electron chi connectivity index (χ2n) is 9.11. The number of ketones is 1. The second kappa shape index (κ2) is 10.5. The first-order valence-electron chi connectivity index (χ1n) is 12.1. The summed E-state index contributed by atoms with van der Waals surface area (Å²) in [6.45, 7) is 0. The van der Waals surface area contributed by atoms with E-state index in [0.717, 1.165) is 29.5 Å². The maximum absolute atomic E-state index is 13.8. The molecule has 2 aromatic carbocycles. The van der Waals surface area contributed by atoms with Crippen molar-refractivity contribution in [2.45, 2.75) is 35.5 Å². The van der Waals surface area contributed by atoms with Gasteiger partial charge in [-0.3, -0.25) is 14.4 Å². The quantitative estimate of drug-likeness (QED) is 0.259. The number of nitrogens with two attached hydrogens (primary N) is 1. The number of thioether (sulfide) groups is 1. The van der Waals surface area contributed by atoms with E-state index in [1.165, 1.54) is 42.5 Å². The molecule has 1 unspecified atom stereocenters. The molecule has 2 N–H and O–H groups in total. The van der Waals surface area contributed by atoms with Gasteiger partial charge in [0.25, 0.3) is 0 Å². The van der Waals surface area contributed by atoms with Gasteiger partial charge in [-0.25, -0.2) is 14.3 Å². The van der Waals surface area contributed by atoms with E-state index in [1.54, 1.807) is 18.2 Å². The van der Waals surface area contributed by atoms with Crippen molar-refractivity contribution in [3.63, 3.8) is 0 Å². The molecule has 10 heteroatoms. The summed E-state index contributed by atoms with van der Waals surface area (Å²) in [5, 5.41) is 18.7. The van der Waals surface area contributed by atoms with E-state index < -0.39 is 22.9 Å². The van der Waals surface area contributed by atoms with Crippen LogP contribution in [0.25, 0.3) is 6.08 Å². The molecule has 2 heterocycles. The number of pyridine rings is 1. The smallest absolute Gasteiger partial charge is 0.247 e. The average molecular weight is 538 g/mol. The number of aromatic nitrogens is 1. The number of hydrogen-bond donors (Lipinski definition) is 1. The maximum Gasteiger partial charge on any atom is 0.247 e. The van der Waals surface area contributed by atoms with E-state index in [-0.39, 0.29) is 45.7 Å². The molecule has 8 nitrogen and oxygen atoms in total. The highest BCUT2D eigenvalue weighted by Crippen LogP contribution is 2.47. The molecule has 39 heavy (non-hydrogen) atoms. The summed E-state index contributed by atoms with van der Waals surface area (Å²) in [6.07, 6.45) is 4.20. The van der Waals surface area contributed by atoms with Crippen molar-refractivity contribution in [1.82, 2.24) is 4.98 Å². The summed E-state index contributed by atoms with van der Waals surface area (Å²) in [4.78, 5) is 43.9. The van der Waals surface area contributed by atoms with Gasteiger partial charge < -0.3 is 5.73 Å². The number of imide groups is 1. The van der Waals surface area contributed by atoms with E-state index in [9.17, 15) is 29.3 Å². The number of rotatable bonds is 7. The van der Waals surface area contributed by atoms with Crippen molar-refractivity contribution < 1.29 is 18.8 Å². The third-order valence-corrected chi connectivity index (χ3v) is 7.70. The number of halogens is 1. The number of amides is 2. The van der Waals surface area contributed by atoms with Gasteiger partial charge in [-0.1, -0.05) is 30.0 Å². The lowest BCUT2D eigenvalue weighted by Gasteiger charge is -2.16. The summed E-state index contributed by atoms with van der Waals surface area (Å²) in [6, 6.07) is 16.2. The number of hydrogen-bond acceptors (Lipinski definition) is 8. The van der Waals surface area contributed by atoms with E-state index in [4.69, 9.17) is 5.73 Å². The number of carbonyl (C=O) groups is 3. The number of anilines is 2. The molecule has 1 aliphatic carbocycles. The molecule has 0 spiro atoms. The molecule has 1 saturated carbocycles. The average Bonchev–Trinajstić information content (AvgIpc) is 3.73. The van der Waals surface area contributed by atoms with Crippen molar-refractivity contribution in [3.05, 3.63) is 88.2 Å². The molecular weight excluding hydrogens is 517 g/mol. The Labute approximate surface area is 227 Å². The minimum atomic E-state index is -0.832. The molecule has 0 radical (unpaired) electrons. The van der Waals surface area contributed by atoms with Gasteiger partial charge in [-0.2, -0.15) is 10.5 Å². The molecule has 1 aliphatic heterocycles. The first kappa shape index (κ1) is 25.8. The molecule has 2 amide bonds. The molecule has 1 aromatic heterocycles. The predicted molar refractivity (Wildman–Crippen MR) is 143 cm³/mol. The second-order valence-corrected chi connectivity index (χ2v) is 10.3. The molecule has 1 saturated heterocycles. The Balaban J connectivity index is 1.34. The highest BCUT2D eigenvalue weighted by molar-refractivity contribution is 8.00. The van der Waals surface area contributed by atoms with Crippen LogP contribution in [0.15, 0.2) is 59.6 Å². The Morgan fingerprint density at radius 1 is 1.08 bits per heavy atom. The van der Waals surface area contributed by atoms with Crippen LogP contribution in [0.4, 0.5) is 15.9 Å². The Morgan fingerprint density at radius 2 is 1.77 bits per heavy atom. The van der Waals surface area contributed by atoms with E-state index in [0.29, 0.717) is 16.8 Å². The number of nitriles is 2. The fourth-order valence-electron chi connectivity index (χ4n) is 4.44. The SMILES string of the molecule is N#Cc1c(N)nc(SC2CC(=O)N(c3ccc(C(=O)/C=C\c4ccccc4F)cc3)C2=O)c(C#N)c1C1CC1. The van der Waals surface area contributed by atoms with Crippen LogP contribution in [0.2, 0.25) is 0 Å². The van der Waals surface area contributed by atoms with E-state index >= 15 is 0 Å². The third kappa shape index (κ3) is 5.02. The number of benzene rings is 2. The highest BCUT2D eigenvalue weighted by atomic mass is 32.2. The number of nitrogens with zero attached hydrogens (tertiary/aromatic N) is 4. The molecule has 5 rings (SSSR count). The highest BCUT2D eigenvalue weighted by Gasteiger charge is 2.42. The van der Waals surface area contributed by atoms with Crippen molar-refractivity contribution in [2.75, 3.05) is 10.6 Å². The van der Waals surface area contributed by atoms with Crippen molar-refractivity contribution in [2.24, 2.45) is 0 Å². The molecule has 3 aromatic rings. The van der Waals surface area contributed by atoms with E-state index in [1.807, 2.05) is 6.07 Å². The van der Waals surface area contributed by atoms with Gasteiger partial charge in [0.2, 0.25) is 11.8 Å². The predicted octanol–water partition coefficient (Wildman–Crippen LogP) is 4.74. The lowest BCUT2D eigenvalue weighted by Crippen LogP contribution is -2.31. The largest absolute Gasteiger partial charge is 0.383 e. The molecule has 192 valence electrons. The molecule has 0 bridgehead atoms. The number of nitrogen functional groups attached to an aromatic ring is 1. The Morgan fingerprint density at radius 3 is 2.41 bits per heavy atom. The summed E-state index contributed by atoms with van der Waals surface area (Å²) in [5.74, 6) is -1.67.